The molecule has 0 radical (unpaired) electrons. The number of carbonyl (C=O) groups excluding carboxylic acids is 1. The first kappa shape index (κ1) is 18.2. The van der Waals surface area contributed by atoms with Crippen LogP contribution >= 0.6 is 0 Å². The standard InChI is InChI=1S/C19H20N4O4/c1-12-17(13(2)27-23-12)22-19(24)21-11-14-7-6-10-20-18(14)26-16-9-5-4-8-15(16)25-3/h4-10H,11H2,1-3H3,(H2,21,22,24). The molecule has 0 unspecified atom stereocenters. The number of ether oxygens (including phenoxy) is 2. The SMILES string of the molecule is COc1ccccc1Oc1ncccc1CNC(=O)Nc1c(C)noc1C. The van der Waals surface area contributed by atoms with Crippen molar-refractivity contribution in [3.05, 3.63) is 59.6 Å². The number of carbonyl (C=O) groups is 1. The molecule has 1 aromatic carbocycles. The van der Waals surface area contributed by atoms with E-state index in [-0.39, 0.29) is 12.6 Å². The number of urea groups is 1. The zero-order valence-corrected chi connectivity index (χ0v) is 15.3. The second kappa shape index (κ2) is 8.22. The van der Waals surface area contributed by atoms with Gasteiger partial charge in [0.05, 0.1) is 7.11 Å². The van der Waals surface area contributed by atoms with Crippen molar-refractivity contribution in [1.82, 2.24) is 15.5 Å². The summed E-state index contributed by atoms with van der Waals surface area (Å²) in [6, 6.07) is 10.5. The maximum atomic E-state index is 12.2. The first-order valence-electron chi connectivity index (χ1n) is 8.31. The van der Waals surface area contributed by atoms with Gasteiger partial charge in [0.2, 0.25) is 5.88 Å². The molecule has 3 aromatic rings. The molecule has 0 aliphatic heterocycles. The van der Waals surface area contributed by atoms with Crippen molar-refractivity contribution in [2.24, 2.45) is 0 Å². The normalized spacial score (nSPS) is 10.3. The van der Waals surface area contributed by atoms with Gasteiger partial charge in [-0.3, -0.25) is 0 Å². The number of rotatable bonds is 6. The van der Waals surface area contributed by atoms with Gasteiger partial charge in [-0.25, -0.2) is 9.78 Å². The van der Waals surface area contributed by atoms with Crippen molar-refractivity contribution < 1.29 is 18.8 Å². The number of hydrogen-bond donors (Lipinski definition) is 2. The lowest BCUT2D eigenvalue weighted by Crippen LogP contribution is -2.28. The van der Waals surface area contributed by atoms with Crippen molar-refractivity contribution in [2.75, 3.05) is 12.4 Å². The van der Waals surface area contributed by atoms with Gasteiger partial charge in [-0.2, -0.15) is 0 Å². The zero-order chi connectivity index (χ0) is 19.2. The first-order valence-corrected chi connectivity index (χ1v) is 8.31. The van der Waals surface area contributed by atoms with E-state index in [4.69, 9.17) is 14.0 Å². The van der Waals surface area contributed by atoms with Crippen LogP contribution < -0.4 is 20.1 Å². The van der Waals surface area contributed by atoms with E-state index in [1.165, 1.54) is 0 Å². The molecule has 2 amide bonds. The average molecular weight is 368 g/mol. The number of anilines is 1. The number of benzene rings is 1. The lowest BCUT2D eigenvalue weighted by molar-refractivity contribution is 0.251. The quantitative estimate of drug-likeness (QED) is 0.686. The predicted molar refractivity (Wildman–Crippen MR) is 99.1 cm³/mol. The molecule has 8 nitrogen and oxygen atoms in total. The average Bonchev–Trinajstić information content (AvgIpc) is 2.99. The van der Waals surface area contributed by atoms with Crippen LogP contribution in [0.4, 0.5) is 10.5 Å². The Bertz CT molecular complexity index is 919. The van der Waals surface area contributed by atoms with Gasteiger partial charge in [-0.05, 0) is 32.0 Å². The fourth-order valence-corrected chi connectivity index (χ4v) is 2.45. The third-order valence-electron chi connectivity index (χ3n) is 3.84. The van der Waals surface area contributed by atoms with Crippen LogP contribution in [0.5, 0.6) is 17.4 Å². The highest BCUT2D eigenvalue weighted by atomic mass is 16.5. The van der Waals surface area contributed by atoms with Gasteiger partial charge in [0.15, 0.2) is 17.3 Å². The summed E-state index contributed by atoms with van der Waals surface area (Å²) < 4.78 is 16.2. The smallest absolute Gasteiger partial charge is 0.319 e. The van der Waals surface area contributed by atoms with Gasteiger partial charge in [-0.1, -0.05) is 23.4 Å². The van der Waals surface area contributed by atoms with Crippen LogP contribution in [0.2, 0.25) is 0 Å². The van der Waals surface area contributed by atoms with Crippen molar-refractivity contribution in [1.29, 1.82) is 0 Å². The third-order valence-corrected chi connectivity index (χ3v) is 3.84. The Morgan fingerprint density at radius 2 is 1.93 bits per heavy atom. The highest BCUT2D eigenvalue weighted by molar-refractivity contribution is 5.90. The second-order valence-corrected chi connectivity index (χ2v) is 5.73. The lowest BCUT2D eigenvalue weighted by Gasteiger charge is -2.13. The summed E-state index contributed by atoms with van der Waals surface area (Å²) in [5.41, 5.74) is 1.89. The van der Waals surface area contributed by atoms with Gasteiger partial charge in [0.1, 0.15) is 11.4 Å². The number of para-hydroxylation sites is 2. The molecule has 0 bridgehead atoms. The topological polar surface area (TPSA) is 98.5 Å². The van der Waals surface area contributed by atoms with Crippen LogP contribution in [0.25, 0.3) is 0 Å². The molecule has 0 saturated heterocycles. The molecule has 0 saturated carbocycles. The second-order valence-electron chi connectivity index (χ2n) is 5.73. The monoisotopic (exact) mass is 368 g/mol. The van der Waals surface area contributed by atoms with E-state index in [0.717, 1.165) is 5.56 Å². The van der Waals surface area contributed by atoms with E-state index < -0.39 is 0 Å². The van der Waals surface area contributed by atoms with E-state index >= 15 is 0 Å². The van der Waals surface area contributed by atoms with Crippen molar-refractivity contribution >= 4 is 11.7 Å². The molecule has 2 aromatic heterocycles. The first-order chi connectivity index (χ1) is 13.1. The number of aryl methyl sites for hydroxylation is 2. The summed E-state index contributed by atoms with van der Waals surface area (Å²) in [7, 11) is 1.57. The molecular formula is C19H20N4O4. The molecule has 27 heavy (non-hydrogen) atoms. The third kappa shape index (κ3) is 4.35. The van der Waals surface area contributed by atoms with E-state index in [1.54, 1.807) is 45.4 Å². The van der Waals surface area contributed by atoms with Gasteiger partial charge < -0.3 is 24.6 Å². The largest absolute Gasteiger partial charge is 0.493 e. The summed E-state index contributed by atoms with van der Waals surface area (Å²) >= 11 is 0. The molecule has 0 aliphatic rings. The van der Waals surface area contributed by atoms with Crippen molar-refractivity contribution in [3.63, 3.8) is 0 Å². The maximum Gasteiger partial charge on any atom is 0.319 e. The predicted octanol–water partition coefficient (Wildman–Crippen LogP) is 3.81. The summed E-state index contributed by atoms with van der Waals surface area (Å²) in [4.78, 5) is 16.4. The van der Waals surface area contributed by atoms with Crippen LogP contribution in [0.15, 0.2) is 47.1 Å². The van der Waals surface area contributed by atoms with Gasteiger partial charge >= 0.3 is 6.03 Å². The molecule has 8 heteroatoms. The molecular weight excluding hydrogens is 348 g/mol. The summed E-state index contributed by atoms with van der Waals surface area (Å²) in [5.74, 6) is 2.07. The summed E-state index contributed by atoms with van der Waals surface area (Å²) in [6.45, 7) is 3.72. The molecule has 3 rings (SSSR count). The van der Waals surface area contributed by atoms with Crippen LogP contribution in [0.3, 0.4) is 0 Å². The minimum absolute atomic E-state index is 0.230. The summed E-state index contributed by atoms with van der Waals surface area (Å²) in [5, 5.41) is 9.31. The maximum absolute atomic E-state index is 12.2. The van der Waals surface area contributed by atoms with Crippen molar-refractivity contribution in [2.45, 2.75) is 20.4 Å². The van der Waals surface area contributed by atoms with E-state index in [1.807, 2.05) is 18.2 Å². The minimum Gasteiger partial charge on any atom is -0.493 e. The highest BCUT2D eigenvalue weighted by Crippen LogP contribution is 2.31. The fourth-order valence-electron chi connectivity index (χ4n) is 2.45. The van der Waals surface area contributed by atoms with Crippen LogP contribution in [0.1, 0.15) is 17.0 Å². The summed E-state index contributed by atoms with van der Waals surface area (Å²) in [6.07, 6.45) is 1.62. The number of nitrogens with one attached hydrogen (secondary N) is 2. The lowest BCUT2D eigenvalue weighted by atomic mass is 10.2. The van der Waals surface area contributed by atoms with E-state index in [2.05, 4.69) is 20.8 Å². The molecule has 0 aliphatic carbocycles. The zero-order valence-electron chi connectivity index (χ0n) is 15.3. The van der Waals surface area contributed by atoms with E-state index in [0.29, 0.717) is 34.5 Å². The Labute approximate surface area is 156 Å². The Hall–Kier alpha value is -3.55. The van der Waals surface area contributed by atoms with Crippen molar-refractivity contribution in [3.8, 4) is 17.4 Å². The Balaban J connectivity index is 1.68. The molecule has 140 valence electrons. The Morgan fingerprint density at radius 1 is 1.15 bits per heavy atom. The van der Waals surface area contributed by atoms with Gasteiger partial charge in [0, 0.05) is 18.3 Å². The number of aromatic nitrogens is 2. The molecule has 0 fully saturated rings. The number of amides is 2. The number of nitrogens with zero attached hydrogens (tertiary/aromatic N) is 2. The van der Waals surface area contributed by atoms with Crippen LogP contribution in [-0.4, -0.2) is 23.3 Å². The Morgan fingerprint density at radius 3 is 2.63 bits per heavy atom. The molecule has 0 spiro atoms. The number of methoxy groups -OCH3 is 1. The minimum atomic E-state index is -0.378. The van der Waals surface area contributed by atoms with Gasteiger partial charge in [-0.15, -0.1) is 0 Å². The van der Waals surface area contributed by atoms with Crippen LogP contribution in [0, 0.1) is 13.8 Å². The van der Waals surface area contributed by atoms with E-state index in [9.17, 15) is 4.79 Å². The number of pyridine rings is 1. The number of hydrogen-bond acceptors (Lipinski definition) is 6. The molecule has 0 atom stereocenters. The van der Waals surface area contributed by atoms with Crippen LogP contribution in [-0.2, 0) is 6.54 Å². The van der Waals surface area contributed by atoms with Gasteiger partial charge in [0.25, 0.3) is 0 Å². The molecule has 2 N–H and O–H groups in total. The molecule has 2 heterocycles. The highest BCUT2D eigenvalue weighted by Gasteiger charge is 2.14. The fraction of sp³-hybridized carbons (Fsp3) is 0.211. The Kier molecular flexibility index (Phi) is 5.55.